The molecule has 0 radical (unpaired) electrons. The van der Waals surface area contributed by atoms with Gasteiger partial charge in [0, 0.05) is 13.0 Å². The van der Waals surface area contributed by atoms with Crippen LogP contribution in [0.4, 0.5) is 0 Å². The molecule has 0 bridgehead atoms. The van der Waals surface area contributed by atoms with Gasteiger partial charge in [-0.1, -0.05) is 26.8 Å². The molecule has 1 N–H and O–H groups in total. The number of hydrogen-bond acceptors (Lipinski definition) is 2. The van der Waals surface area contributed by atoms with Crippen molar-refractivity contribution in [1.82, 2.24) is 5.32 Å². The van der Waals surface area contributed by atoms with Crippen molar-refractivity contribution in [3.63, 3.8) is 0 Å². The van der Waals surface area contributed by atoms with Crippen molar-refractivity contribution in [3.05, 3.63) is 11.8 Å². The Kier molecular flexibility index (Phi) is 3.12. The standard InChI is InChI=1S/C11H19NO/c1-4-7-12-9-8-11(2,3)6-5-10(9)13/h8,12H,4-7H2,1-3H3. The van der Waals surface area contributed by atoms with Gasteiger partial charge in [-0.2, -0.15) is 0 Å². The van der Waals surface area contributed by atoms with Crippen molar-refractivity contribution < 1.29 is 4.79 Å². The van der Waals surface area contributed by atoms with E-state index in [1.165, 1.54) is 0 Å². The van der Waals surface area contributed by atoms with Gasteiger partial charge in [0.1, 0.15) is 0 Å². The van der Waals surface area contributed by atoms with Crippen LogP contribution in [-0.2, 0) is 4.79 Å². The molecule has 1 rings (SSSR count). The van der Waals surface area contributed by atoms with Gasteiger partial charge in [0.05, 0.1) is 5.70 Å². The van der Waals surface area contributed by atoms with E-state index in [1.807, 2.05) is 0 Å². The average Bonchev–Trinajstić information content (AvgIpc) is 2.07. The highest BCUT2D eigenvalue weighted by atomic mass is 16.1. The Morgan fingerprint density at radius 2 is 2.23 bits per heavy atom. The van der Waals surface area contributed by atoms with Crippen molar-refractivity contribution >= 4 is 5.78 Å². The largest absolute Gasteiger partial charge is 0.382 e. The highest BCUT2D eigenvalue weighted by Crippen LogP contribution is 2.30. The summed E-state index contributed by atoms with van der Waals surface area (Å²) < 4.78 is 0. The Morgan fingerprint density at radius 3 is 2.85 bits per heavy atom. The number of Topliss-reactive ketones (excluding diaryl/α,β-unsaturated/α-hetero) is 1. The van der Waals surface area contributed by atoms with Crippen LogP contribution >= 0.6 is 0 Å². The Bertz CT molecular complexity index is 228. The molecule has 13 heavy (non-hydrogen) atoms. The topological polar surface area (TPSA) is 29.1 Å². The van der Waals surface area contributed by atoms with Crippen LogP contribution < -0.4 is 5.32 Å². The fourth-order valence-electron chi connectivity index (χ4n) is 1.52. The Morgan fingerprint density at radius 1 is 1.54 bits per heavy atom. The molecule has 1 aliphatic carbocycles. The van der Waals surface area contributed by atoms with Crippen LogP contribution in [0.25, 0.3) is 0 Å². The molecule has 0 heterocycles. The Labute approximate surface area is 80.4 Å². The number of nitrogens with one attached hydrogen (secondary N) is 1. The van der Waals surface area contributed by atoms with E-state index in [9.17, 15) is 4.79 Å². The summed E-state index contributed by atoms with van der Waals surface area (Å²) in [6, 6.07) is 0. The Hall–Kier alpha value is -0.790. The maximum atomic E-state index is 11.5. The van der Waals surface area contributed by atoms with E-state index in [4.69, 9.17) is 0 Å². The molecule has 0 atom stereocenters. The van der Waals surface area contributed by atoms with Gasteiger partial charge in [-0.3, -0.25) is 4.79 Å². The molecular formula is C11H19NO. The lowest BCUT2D eigenvalue weighted by Gasteiger charge is -2.26. The summed E-state index contributed by atoms with van der Waals surface area (Å²) in [5.41, 5.74) is 1.02. The summed E-state index contributed by atoms with van der Waals surface area (Å²) in [6.45, 7) is 7.35. The van der Waals surface area contributed by atoms with Gasteiger partial charge in [-0.15, -0.1) is 0 Å². The molecule has 0 unspecified atom stereocenters. The van der Waals surface area contributed by atoms with E-state index in [-0.39, 0.29) is 11.2 Å². The normalized spacial score (nSPS) is 21.2. The first kappa shape index (κ1) is 10.3. The first-order valence-electron chi connectivity index (χ1n) is 5.05. The van der Waals surface area contributed by atoms with E-state index in [1.54, 1.807) is 0 Å². The lowest BCUT2D eigenvalue weighted by Crippen LogP contribution is -2.28. The molecule has 1 aliphatic rings. The Balaban J connectivity index is 2.67. The van der Waals surface area contributed by atoms with Crippen LogP contribution in [0.3, 0.4) is 0 Å². The van der Waals surface area contributed by atoms with E-state index in [0.29, 0.717) is 6.42 Å². The molecule has 0 aromatic rings. The highest BCUT2D eigenvalue weighted by molar-refractivity contribution is 5.95. The van der Waals surface area contributed by atoms with E-state index >= 15 is 0 Å². The molecule has 2 nitrogen and oxygen atoms in total. The lowest BCUT2D eigenvalue weighted by atomic mass is 9.81. The molecule has 0 saturated heterocycles. The minimum atomic E-state index is 0.185. The second-order valence-corrected chi connectivity index (χ2v) is 4.40. The zero-order chi connectivity index (χ0) is 9.90. The second-order valence-electron chi connectivity index (χ2n) is 4.40. The van der Waals surface area contributed by atoms with Crippen molar-refractivity contribution in [2.45, 2.75) is 40.0 Å². The van der Waals surface area contributed by atoms with Crippen LogP contribution in [0.5, 0.6) is 0 Å². The monoisotopic (exact) mass is 181 g/mol. The molecular weight excluding hydrogens is 162 g/mol. The quantitative estimate of drug-likeness (QED) is 0.723. The fourth-order valence-corrected chi connectivity index (χ4v) is 1.52. The molecule has 2 heteroatoms. The molecule has 0 aromatic carbocycles. The average molecular weight is 181 g/mol. The van der Waals surface area contributed by atoms with Crippen LogP contribution in [-0.4, -0.2) is 12.3 Å². The van der Waals surface area contributed by atoms with E-state index in [0.717, 1.165) is 25.1 Å². The molecule has 0 aliphatic heterocycles. The highest BCUT2D eigenvalue weighted by Gasteiger charge is 2.25. The summed E-state index contributed by atoms with van der Waals surface area (Å²) in [7, 11) is 0. The number of allylic oxidation sites excluding steroid dienone is 2. The predicted molar refractivity (Wildman–Crippen MR) is 54.4 cm³/mol. The first-order valence-corrected chi connectivity index (χ1v) is 5.05. The lowest BCUT2D eigenvalue weighted by molar-refractivity contribution is -0.117. The first-order chi connectivity index (χ1) is 6.05. The minimum Gasteiger partial charge on any atom is -0.382 e. The summed E-state index contributed by atoms with van der Waals surface area (Å²) in [5, 5.41) is 3.19. The summed E-state index contributed by atoms with van der Waals surface area (Å²) in [6.07, 6.45) is 4.80. The summed E-state index contributed by atoms with van der Waals surface area (Å²) >= 11 is 0. The van der Waals surface area contributed by atoms with Gasteiger partial charge >= 0.3 is 0 Å². The zero-order valence-corrected chi connectivity index (χ0v) is 8.81. The minimum absolute atomic E-state index is 0.185. The van der Waals surface area contributed by atoms with Gasteiger partial charge in [0.2, 0.25) is 0 Å². The van der Waals surface area contributed by atoms with Crippen LogP contribution in [0, 0.1) is 5.41 Å². The molecule has 74 valence electrons. The van der Waals surface area contributed by atoms with Crippen molar-refractivity contribution in [2.75, 3.05) is 6.54 Å². The predicted octanol–water partition coefficient (Wildman–Crippen LogP) is 2.26. The SMILES string of the molecule is CCCNC1=CC(C)(C)CCC1=O. The summed E-state index contributed by atoms with van der Waals surface area (Å²) in [4.78, 5) is 11.5. The van der Waals surface area contributed by atoms with Crippen LogP contribution in [0.1, 0.15) is 40.0 Å². The third-order valence-corrected chi connectivity index (χ3v) is 2.40. The van der Waals surface area contributed by atoms with Gasteiger partial charge in [-0.05, 0) is 18.3 Å². The van der Waals surface area contributed by atoms with Crippen LogP contribution in [0.2, 0.25) is 0 Å². The number of carbonyl (C=O) groups is 1. The number of carbonyl (C=O) groups excluding carboxylic acids is 1. The smallest absolute Gasteiger partial charge is 0.178 e. The molecule has 0 fully saturated rings. The van der Waals surface area contributed by atoms with Crippen molar-refractivity contribution in [1.29, 1.82) is 0 Å². The number of ketones is 1. The van der Waals surface area contributed by atoms with Crippen molar-refractivity contribution in [3.8, 4) is 0 Å². The zero-order valence-electron chi connectivity index (χ0n) is 8.81. The molecule has 0 amide bonds. The number of rotatable bonds is 3. The number of hydrogen-bond donors (Lipinski definition) is 1. The van der Waals surface area contributed by atoms with Gasteiger partial charge in [0.25, 0.3) is 0 Å². The van der Waals surface area contributed by atoms with Gasteiger partial charge in [0.15, 0.2) is 5.78 Å². The van der Waals surface area contributed by atoms with Crippen molar-refractivity contribution in [2.24, 2.45) is 5.41 Å². The maximum Gasteiger partial charge on any atom is 0.178 e. The van der Waals surface area contributed by atoms with E-state index in [2.05, 4.69) is 32.2 Å². The third kappa shape index (κ3) is 2.87. The third-order valence-electron chi connectivity index (χ3n) is 2.40. The van der Waals surface area contributed by atoms with Gasteiger partial charge in [-0.25, -0.2) is 0 Å². The molecule has 0 saturated carbocycles. The summed E-state index contributed by atoms with van der Waals surface area (Å²) in [5.74, 6) is 0.271. The van der Waals surface area contributed by atoms with Gasteiger partial charge < -0.3 is 5.32 Å². The second kappa shape index (κ2) is 3.95. The van der Waals surface area contributed by atoms with Crippen LogP contribution in [0.15, 0.2) is 11.8 Å². The van der Waals surface area contributed by atoms with E-state index < -0.39 is 0 Å². The maximum absolute atomic E-state index is 11.5. The molecule has 0 aromatic heterocycles. The molecule has 0 spiro atoms. The fraction of sp³-hybridized carbons (Fsp3) is 0.727.